The fourth-order valence-electron chi connectivity index (χ4n) is 4.52. The quantitative estimate of drug-likeness (QED) is 0.763. The van der Waals surface area contributed by atoms with Gasteiger partial charge in [0.1, 0.15) is 17.9 Å². The molecule has 0 aromatic heterocycles. The number of ketones is 1. The Hall–Kier alpha value is -1.75. The molecular weight excluding hydrogens is 390 g/mol. The Balaban J connectivity index is 1.44. The number of amides is 1. The summed E-state index contributed by atoms with van der Waals surface area (Å²) < 4.78 is 0. The molecule has 146 valence electrons. The number of thiocarbonyl (C=S) groups is 1. The minimum Gasteiger partial charge on any atom is -0.315 e. The zero-order chi connectivity index (χ0) is 19.7. The van der Waals surface area contributed by atoms with Crippen LogP contribution in [-0.4, -0.2) is 51.7 Å². The van der Waals surface area contributed by atoms with Crippen LogP contribution in [0.1, 0.15) is 24.0 Å². The summed E-state index contributed by atoms with van der Waals surface area (Å²) in [5, 5.41) is 12.4. The molecule has 0 bridgehead atoms. The molecule has 1 aliphatic carbocycles. The average Bonchev–Trinajstić information content (AvgIpc) is 3.33. The lowest BCUT2D eigenvalue weighted by Gasteiger charge is -2.28. The summed E-state index contributed by atoms with van der Waals surface area (Å²) in [5.74, 6) is 0.782. The van der Waals surface area contributed by atoms with E-state index in [9.17, 15) is 14.9 Å². The molecule has 0 saturated carbocycles. The summed E-state index contributed by atoms with van der Waals surface area (Å²) in [4.78, 5) is 28.4. The summed E-state index contributed by atoms with van der Waals surface area (Å²) in [6, 6.07) is 9.57. The Morgan fingerprint density at radius 1 is 1.32 bits per heavy atom. The molecule has 2 aliphatic heterocycles. The van der Waals surface area contributed by atoms with E-state index in [1.165, 1.54) is 11.1 Å². The molecule has 5 nitrogen and oxygen atoms in total. The highest BCUT2D eigenvalue weighted by Gasteiger charge is 2.45. The van der Waals surface area contributed by atoms with E-state index in [0.29, 0.717) is 35.4 Å². The molecule has 2 fully saturated rings. The van der Waals surface area contributed by atoms with Gasteiger partial charge in [0, 0.05) is 23.6 Å². The Kier molecular flexibility index (Phi) is 5.81. The van der Waals surface area contributed by atoms with Gasteiger partial charge in [0.2, 0.25) is 5.91 Å². The number of hydrogen-bond acceptors (Lipinski definition) is 6. The van der Waals surface area contributed by atoms with E-state index >= 15 is 0 Å². The first-order chi connectivity index (χ1) is 13.6. The van der Waals surface area contributed by atoms with Crippen molar-refractivity contribution in [2.24, 2.45) is 11.8 Å². The summed E-state index contributed by atoms with van der Waals surface area (Å²) in [7, 11) is 0. The molecule has 1 N–H and O–H groups in total. The predicted molar refractivity (Wildman–Crippen MR) is 113 cm³/mol. The van der Waals surface area contributed by atoms with Crippen LogP contribution in [0.2, 0.25) is 0 Å². The van der Waals surface area contributed by atoms with Crippen LogP contribution in [0.3, 0.4) is 0 Å². The van der Waals surface area contributed by atoms with Crippen LogP contribution < -0.4 is 5.32 Å². The minimum absolute atomic E-state index is 0.0677. The van der Waals surface area contributed by atoms with Gasteiger partial charge in [0.25, 0.3) is 0 Å². The van der Waals surface area contributed by atoms with Gasteiger partial charge in [-0.05, 0) is 36.3 Å². The first-order valence-corrected chi connectivity index (χ1v) is 11.3. The van der Waals surface area contributed by atoms with Crippen LogP contribution in [0, 0.1) is 23.2 Å². The second-order valence-corrected chi connectivity index (χ2v) is 9.33. The molecule has 1 unspecified atom stereocenters. The molecular formula is C21H23N3O2S2. The van der Waals surface area contributed by atoms with Gasteiger partial charge in [0.05, 0.1) is 17.9 Å². The lowest BCUT2D eigenvalue weighted by molar-refractivity contribution is -0.136. The molecule has 3 aliphatic rings. The SMILES string of the molecule is N#C[C@@H]1CSCN1C(=O)[C@H]1NCC(=S)C1C(=O)C[C@@H]1CCc2ccccc2C1. The molecule has 4 rings (SSSR count). The maximum absolute atomic E-state index is 13.1. The normalized spacial score (nSPS) is 29.4. The first kappa shape index (κ1) is 19.6. The molecule has 2 saturated heterocycles. The van der Waals surface area contributed by atoms with Crippen LogP contribution in [0.4, 0.5) is 0 Å². The van der Waals surface area contributed by atoms with Crippen molar-refractivity contribution in [1.82, 2.24) is 10.2 Å². The molecule has 1 aromatic rings. The number of benzene rings is 1. The van der Waals surface area contributed by atoms with Gasteiger partial charge >= 0.3 is 0 Å². The second kappa shape index (κ2) is 8.32. The smallest absolute Gasteiger partial charge is 0.242 e. The fourth-order valence-corrected chi connectivity index (χ4v) is 5.96. The van der Waals surface area contributed by atoms with Crippen molar-refractivity contribution < 1.29 is 9.59 Å². The zero-order valence-corrected chi connectivity index (χ0v) is 17.2. The number of carbonyl (C=O) groups excluding carboxylic acids is 2. The molecule has 0 radical (unpaired) electrons. The van der Waals surface area contributed by atoms with E-state index in [4.69, 9.17) is 12.2 Å². The van der Waals surface area contributed by atoms with Crippen molar-refractivity contribution in [2.75, 3.05) is 18.2 Å². The van der Waals surface area contributed by atoms with E-state index in [0.717, 1.165) is 19.3 Å². The van der Waals surface area contributed by atoms with Crippen molar-refractivity contribution in [2.45, 2.75) is 37.8 Å². The third-order valence-electron chi connectivity index (χ3n) is 6.04. The van der Waals surface area contributed by atoms with E-state index in [1.807, 2.05) is 6.07 Å². The first-order valence-electron chi connectivity index (χ1n) is 9.72. The minimum atomic E-state index is -0.620. The van der Waals surface area contributed by atoms with Crippen molar-refractivity contribution in [3.8, 4) is 6.07 Å². The Bertz CT molecular complexity index is 850. The molecule has 4 atom stereocenters. The highest BCUT2D eigenvalue weighted by molar-refractivity contribution is 7.99. The summed E-state index contributed by atoms with van der Waals surface area (Å²) in [5.41, 5.74) is 2.71. The number of hydrogen-bond donors (Lipinski definition) is 1. The summed E-state index contributed by atoms with van der Waals surface area (Å²) >= 11 is 7.02. The topological polar surface area (TPSA) is 73.2 Å². The van der Waals surface area contributed by atoms with Crippen LogP contribution in [-0.2, 0) is 22.4 Å². The standard InChI is InChI=1S/C21H23N3O2S2/c22-9-16-11-28-12-24(16)21(26)20-19(18(27)10-23-20)17(25)8-13-5-6-14-3-1-2-4-15(14)7-13/h1-4,13,16,19-20,23H,5-8,10-12H2/t13-,16-,19?,20+/m1/s1. The summed E-state index contributed by atoms with van der Waals surface area (Å²) in [6.45, 7) is 0.411. The molecule has 0 spiro atoms. The van der Waals surface area contributed by atoms with Gasteiger partial charge < -0.3 is 10.2 Å². The van der Waals surface area contributed by atoms with E-state index < -0.39 is 18.0 Å². The Morgan fingerprint density at radius 2 is 2.11 bits per heavy atom. The van der Waals surface area contributed by atoms with Crippen molar-refractivity contribution in [3.63, 3.8) is 0 Å². The largest absolute Gasteiger partial charge is 0.315 e. The highest BCUT2D eigenvalue weighted by atomic mass is 32.2. The number of rotatable bonds is 4. The van der Waals surface area contributed by atoms with E-state index in [2.05, 4.69) is 29.6 Å². The number of nitrogens with one attached hydrogen (secondary N) is 1. The summed E-state index contributed by atoms with van der Waals surface area (Å²) in [6.07, 6.45) is 3.36. The van der Waals surface area contributed by atoms with E-state index in [1.54, 1.807) is 16.7 Å². The van der Waals surface area contributed by atoms with Crippen molar-refractivity contribution in [1.29, 1.82) is 5.26 Å². The Morgan fingerprint density at radius 3 is 2.89 bits per heavy atom. The fraction of sp³-hybridized carbons (Fsp3) is 0.524. The molecule has 1 aromatic carbocycles. The lowest BCUT2D eigenvalue weighted by atomic mass is 9.79. The van der Waals surface area contributed by atoms with Crippen LogP contribution in [0.25, 0.3) is 0 Å². The van der Waals surface area contributed by atoms with Crippen LogP contribution >= 0.6 is 24.0 Å². The average molecular weight is 414 g/mol. The number of aryl methyl sites for hydroxylation is 1. The maximum Gasteiger partial charge on any atom is 0.242 e. The number of fused-ring (bicyclic) bond motifs is 1. The van der Waals surface area contributed by atoms with Gasteiger partial charge in [-0.15, -0.1) is 11.8 Å². The Labute approximate surface area is 174 Å². The van der Waals surface area contributed by atoms with Crippen molar-refractivity contribution in [3.05, 3.63) is 35.4 Å². The van der Waals surface area contributed by atoms with Gasteiger partial charge in [-0.1, -0.05) is 36.5 Å². The molecule has 28 heavy (non-hydrogen) atoms. The third kappa shape index (κ3) is 3.73. The zero-order valence-electron chi connectivity index (χ0n) is 15.6. The maximum atomic E-state index is 13.1. The number of Topliss-reactive ketones (excluding diaryl/α,β-unsaturated/α-hetero) is 1. The number of thioether (sulfide) groups is 1. The van der Waals surface area contributed by atoms with Crippen LogP contribution in [0.15, 0.2) is 24.3 Å². The molecule has 7 heteroatoms. The van der Waals surface area contributed by atoms with Gasteiger partial charge in [0.15, 0.2) is 0 Å². The van der Waals surface area contributed by atoms with Gasteiger partial charge in [-0.2, -0.15) is 5.26 Å². The number of nitrogens with zero attached hydrogens (tertiary/aromatic N) is 2. The monoisotopic (exact) mass is 413 g/mol. The van der Waals surface area contributed by atoms with Gasteiger partial charge in [-0.25, -0.2) is 0 Å². The molecule has 1 amide bonds. The molecule has 2 heterocycles. The predicted octanol–water partition coefficient (Wildman–Crippen LogP) is 2.13. The number of carbonyl (C=O) groups is 2. The number of nitriles is 1. The van der Waals surface area contributed by atoms with Crippen LogP contribution in [0.5, 0.6) is 0 Å². The van der Waals surface area contributed by atoms with E-state index in [-0.39, 0.29) is 11.7 Å². The highest BCUT2D eigenvalue weighted by Crippen LogP contribution is 2.31. The lowest BCUT2D eigenvalue weighted by Crippen LogP contribution is -2.50. The third-order valence-corrected chi connectivity index (χ3v) is 7.45. The second-order valence-electron chi connectivity index (χ2n) is 7.80. The van der Waals surface area contributed by atoms with Crippen molar-refractivity contribution >= 4 is 40.5 Å². The van der Waals surface area contributed by atoms with Gasteiger partial charge in [-0.3, -0.25) is 9.59 Å².